The van der Waals surface area contributed by atoms with E-state index in [1.165, 1.54) is 33.4 Å². The first-order valence-electron chi connectivity index (χ1n) is 15.7. The second-order valence-electron chi connectivity index (χ2n) is 13.0. The third-order valence-electron chi connectivity index (χ3n) is 10.4. The van der Waals surface area contributed by atoms with Crippen LogP contribution in [0.5, 0.6) is 0 Å². The van der Waals surface area contributed by atoms with Gasteiger partial charge in [0.1, 0.15) is 11.2 Å². The van der Waals surface area contributed by atoms with Gasteiger partial charge in [-0.3, -0.25) is 0 Å². The van der Waals surface area contributed by atoms with Crippen LogP contribution in [0, 0.1) is 22.7 Å². The molecule has 0 spiro atoms. The van der Waals surface area contributed by atoms with E-state index in [4.69, 9.17) is 4.42 Å². The van der Waals surface area contributed by atoms with Crippen molar-refractivity contribution in [3.63, 3.8) is 0 Å². The minimum atomic E-state index is -0.113. The van der Waals surface area contributed by atoms with Crippen molar-refractivity contribution in [2.75, 3.05) is 0 Å². The van der Waals surface area contributed by atoms with Crippen LogP contribution in [-0.2, 0) is 11.8 Å². The number of furan rings is 1. The molecule has 0 amide bonds. The Bertz CT molecular complexity index is 2520. The largest absolute Gasteiger partial charge is 0.456 e. The average molecular weight is 589 g/mol. The van der Waals surface area contributed by atoms with Crippen molar-refractivity contribution in [2.45, 2.75) is 31.6 Å². The van der Waals surface area contributed by atoms with Gasteiger partial charge in [-0.2, -0.15) is 10.5 Å². The van der Waals surface area contributed by atoms with Crippen LogP contribution in [0.2, 0.25) is 0 Å². The van der Waals surface area contributed by atoms with E-state index >= 15 is 0 Å². The Morgan fingerprint density at radius 3 is 2.20 bits per heavy atom. The molecule has 2 aliphatic rings. The van der Waals surface area contributed by atoms with Gasteiger partial charge in [-0.25, -0.2) is 0 Å². The van der Waals surface area contributed by atoms with Crippen LogP contribution in [0.1, 0.15) is 58.7 Å². The third kappa shape index (κ3) is 3.58. The quantitative estimate of drug-likeness (QED) is 0.206. The molecule has 216 valence electrons. The molecule has 2 aliphatic carbocycles. The van der Waals surface area contributed by atoms with Crippen molar-refractivity contribution in [2.24, 2.45) is 0 Å². The number of nitriles is 2. The molecule has 7 aromatic rings. The number of rotatable bonds is 3. The van der Waals surface area contributed by atoms with Gasteiger partial charge in [0.15, 0.2) is 0 Å². The summed E-state index contributed by atoms with van der Waals surface area (Å²) >= 11 is 0. The van der Waals surface area contributed by atoms with E-state index < -0.39 is 0 Å². The van der Waals surface area contributed by atoms with Crippen LogP contribution in [-0.4, -0.2) is 0 Å². The van der Waals surface area contributed by atoms with Crippen LogP contribution in [0.3, 0.4) is 0 Å². The third-order valence-corrected chi connectivity index (χ3v) is 10.4. The summed E-state index contributed by atoms with van der Waals surface area (Å²) in [6.45, 7) is 4.58. The Balaban J connectivity index is 1.26. The van der Waals surface area contributed by atoms with Crippen LogP contribution in [0.4, 0.5) is 0 Å². The normalized spacial score (nSPS) is 15.2. The zero-order valence-corrected chi connectivity index (χ0v) is 25.6. The highest BCUT2D eigenvalue weighted by Gasteiger charge is 2.36. The molecular weight excluding hydrogens is 560 g/mol. The molecule has 6 aromatic carbocycles. The zero-order valence-electron chi connectivity index (χ0n) is 25.6. The van der Waals surface area contributed by atoms with Crippen LogP contribution < -0.4 is 0 Å². The van der Waals surface area contributed by atoms with Gasteiger partial charge in [0.25, 0.3) is 0 Å². The molecule has 0 saturated carbocycles. The SMILES string of the molecule is CC1(C)c2ccccc2-c2cc3c(cc21)oc1cccc(-c2cccc(C#N)c2CC2c4ccccc4-c4cc(C#N)ccc42)c13. The average Bonchev–Trinajstić information content (AvgIpc) is 3.69. The summed E-state index contributed by atoms with van der Waals surface area (Å²) in [6, 6.07) is 44.9. The van der Waals surface area contributed by atoms with Gasteiger partial charge in [0, 0.05) is 22.1 Å². The fraction of sp³-hybridized carbons (Fsp3) is 0.116. The predicted octanol–water partition coefficient (Wildman–Crippen LogP) is 10.7. The van der Waals surface area contributed by atoms with Gasteiger partial charge >= 0.3 is 0 Å². The van der Waals surface area contributed by atoms with Crippen molar-refractivity contribution in [3.05, 3.63) is 154 Å². The Kier molecular flexibility index (Phi) is 5.50. The van der Waals surface area contributed by atoms with Crippen LogP contribution in [0.25, 0.3) is 55.3 Å². The van der Waals surface area contributed by atoms with Gasteiger partial charge in [-0.15, -0.1) is 0 Å². The summed E-state index contributed by atoms with van der Waals surface area (Å²) in [4.78, 5) is 0. The lowest BCUT2D eigenvalue weighted by Gasteiger charge is -2.21. The summed E-state index contributed by atoms with van der Waals surface area (Å²) in [5.74, 6) is 0.0643. The molecule has 0 fully saturated rings. The summed E-state index contributed by atoms with van der Waals surface area (Å²) in [7, 11) is 0. The highest BCUT2D eigenvalue weighted by Crippen LogP contribution is 2.52. The molecule has 0 radical (unpaired) electrons. The van der Waals surface area contributed by atoms with Gasteiger partial charge < -0.3 is 4.42 Å². The number of nitrogens with zero attached hydrogens (tertiary/aromatic N) is 2. The first kappa shape index (κ1) is 26.5. The molecule has 1 unspecified atom stereocenters. The molecule has 0 N–H and O–H groups in total. The zero-order chi connectivity index (χ0) is 31.2. The summed E-state index contributed by atoms with van der Waals surface area (Å²) in [6.07, 6.45) is 0.665. The van der Waals surface area contributed by atoms with Crippen molar-refractivity contribution < 1.29 is 4.42 Å². The fourth-order valence-electron chi connectivity index (χ4n) is 8.21. The highest BCUT2D eigenvalue weighted by molar-refractivity contribution is 6.14. The minimum Gasteiger partial charge on any atom is -0.456 e. The van der Waals surface area contributed by atoms with E-state index in [2.05, 4.69) is 111 Å². The van der Waals surface area contributed by atoms with Gasteiger partial charge in [-0.05, 0) is 104 Å². The molecule has 0 aliphatic heterocycles. The smallest absolute Gasteiger partial charge is 0.136 e. The second-order valence-corrected chi connectivity index (χ2v) is 13.0. The molecule has 3 nitrogen and oxygen atoms in total. The van der Waals surface area contributed by atoms with E-state index in [0.717, 1.165) is 49.8 Å². The van der Waals surface area contributed by atoms with E-state index in [9.17, 15) is 10.5 Å². The molecular formula is C43H28N2O. The maximum absolute atomic E-state index is 10.4. The number of fused-ring (bicyclic) bond motifs is 9. The lowest BCUT2D eigenvalue weighted by atomic mass is 9.82. The molecule has 9 rings (SSSR count). The topological polar surface area (TPSA) is 60.7 Å². The lowest BCUT2D eigenvalue weighted by molar-refractivity contribution is 0.647. The van der Waals surface area contributed by atoms with Crippen molar-refractivity contribution in [1.82, 2.24) is 0 Å². The Morgan fingerprint density at radius 1 is 0.609 bits per heavy atom. The molecule has 1 atom stereocenters. The van der Waals surface area contributed by atoms with Crippen molar-refractivity contribution in [1.29, 1.82) is 10.5 Å². The maximum atomic E-state index is 10.4. The molecule has 0 bridgehead atoms. The summed E-state index contributed by atoms with van der Waals surface area (Å²) in [5, 5.41) is 22.2. The predicted molar refractivity (Wildman–Crippen MR) is 184 cm³/mol. The van der Waals surface area contributed by atoms with Gasteiger partial charge in [0.05, 0.1) is 23.3 Å². The fourth-order valence-corrected chi connectivity index (χ4v) is 8.21. The molecule has 1 aromatic heterocycles. The lowest BCUT2D eigenvalue weighted by Crippen LogP contribution is -2.14. The molecule has 3 heteroatoms. The van der Waals surface area contributed by atoms with Gasteiger partial charge in [-0.1, -0.05) is 92.7 Å². The van der Waals surface area contributed by atoms with E-state index in [0.29, 0.717) is 17.5 Å². The maximum Gasteiger partial charge on any atom is 0.136 e. The monoisotopic (exact) mass is 588 g/mol. The van der Waals surface area contributed by atoms with E-state index in [1.807, 2.05) is 30.3 Å². The number of hydrogen-bond donors (Lipinski definition) is 0. The first-order valence-corrected chi connectivity index (χ1v) is 15.7. The Hall–Kier alpha value is -5.90. The molecule has 1 heterocycles. The van der Waals surface area contributed by atoms with Gasteiger partial charge in [0.2, 0.25) is 0 Å². The number of benzene rings is 6. The Morgan fingerprint density at radius 2 is 1.35 bits per heavy atom. The highest BCUT2D eigenvalue weighted by atomic mass is 16.3. The molecule has 0 saturated heterocycles. The minimum absolute atomic E-state index is 0.0643. The van der Waals surface area contributed by atoms with Crippen molar-refractivity contribution >= 4 is 21.9 Å². The summed E-state index contributed by atoms with van der Waals surface area (Å²) < 4.78 is 6.59. The van der Waals surface area contributed by atoms with E-state index in [-0.39, 0.29) is 11.3 Å². The van der Waals surface area contributed by atoms with Crippen LogP contribution in [0.15, 0.2) is 120 Å². The first-order chi connectivity index (χ1) is 22.5. The standard InChI is InChI=1S/C43H28N2O/c1-43(2)38-15-6-5-12-31(38)36-21-37-41(22-39(36)43)46-40-16-8-14-32(42(37)40)29-13-7-9-26(24-45)33(29)20-35-28-11-4-3-10-27(28)34-19-25(23-44)17-18-30(34)35/h3-19,21-22,35H,20H2,1-2H3. The van der Waals surface area contributed by atoms with Crippen LogP contribution >= 0.6 is 0 Å². The second kappa shape index (κ2) is 9.55. The number of hydrogen-bond acceptors (Lipinski definition) is 3. The van der Waals surface area contributed by atoms with E-state index in [1.54, 1.807) is 0 Å². The Labute approximate surface area is 267 Å². The van der Waals surface area contributed by atoms with Crippen molar-refractivity contribution in [3.8, 4) is 45.5 Å². The summed E-state index contributed by atoms with van der Waals surface area (Å²) in [5.41, 5.74) is 15.9. The molecule has 46 heavy (non-hydrogen) atoms.